The molecule has 3 N–H and O–H groups in total. The van der Waals surface area contributed by atoms with E-state index in [1.807, 2.05) is 43.3 Å². The Bertz CT molecular complexity index is 1620. The van der Waals surface area contributed by atoms with Gasteiger partial charge in [0.1, 0.15) is 11.4 Å². The van der Waals surface area contributed by atoms with Crippen LogP contribution in [0.15, 0.2) is 84.9 Å². The van der Waals surface area contributed by atoms with Crippen LogP contribution in [0.4, 0.5) is 15.8 Å². The van der Waals surface area contributed by atoms with Crippen LogP contribution < -0.4 is 20.9 Å². The fourth-order valence-corrected chi connectivity index (χ4v) is 5.40. The summed E-state index contributed by atoms with van der Waals surface area (Å²) in [4.78, 5) is 44.3. The number of carbonyl (C=O) groups is 3. The van der Waals surface area contributed by atoms with Crippen molar-refractivity contribution in [2.45, 2.75) is 25.9 Å². The maximum atomic E-state index is 14.5. The molecule has 4 aromatic carbocycles. The van der Waals surface area contributed by atoms with Crippen molar-refractivity contribution in [2.24, 2.45) is 11.7 Å². The highest BCUT2D eigenvalue weighted by atomic mass is 19.1. The SMILES string of the molecule is CNC(C)(C(N)=O)[C@@H]1CN(C(=O)c2ccc(F)cc2)c2ccccc2N(Cc2c(C)ccc3ccccc23)C1=O. The fourth-order valence-electron chi connectivity index (χ4n) is 5.40. The Kier molecular flexibility index (Phi) is 7.12. The Morgan fingerprint density at radius 2 is 1.62 bits per heavy atom. The van der Waals surface area contributed by atoms with Crippen LogP contribution in [-0.4, -0.2) is 36.9 Å². The van der Waals surface area contributed by atoms with E-state index in [-0.39, 0.29) is 24.6 Å². The van der Waals surface area contributed by atoms with E-state index < -0.39 is 29.1 Å². The quantitative estimate of drug-likeness (QED) is 0.376. The summed E-state index contributed by atoms with van der Waals surface area (Å²) in [7, 11) is 1.57. The van der Waals surface area contributed by atoms with E-state index in [4.69, 9.17) is 5.73 Å². The van der Waals surface area contributed by atoms with Gasteiger partial charge in [-0.1, -0.05) is 48.5 Å². The van der Waals surface area contributed by atoms with Crippen molar-refractivity contribution >= 4 is 39.9 Å². The van der Waals surface area contributed by atoms with Crippen molar-refractivity contribution in [1.82, 2.24) is 5.32 Å². The van der Waals surface area contributed by atoms with Crippen LogP contribution in [0.25, 0.3) is 10.8 Å². The molecule has 0 aliphatic carbocycles. The van der Waals surface area contributed by atoms with Crippen molar-refractivity contribution < 1.29 is 18.8 Å². The highest BCUT2D eigenvalue weighted by molar-refractivity contribution is 6.12. The van der Waals surface area contributed by atoms with Gasteiger partial charge in [0.15, 0.2) is 0 Å². The standard InChI is InChI=1S/C32H31FN4O3/c1-20-12-13-21-8-4-5-9-24(21)25(20)18-36-27-10-6-7-11-28(27)37(29(38)22-14-16-23(33)17-15-22)19-26(30(36)39)32(2,35-3)31(34)40/h4-17,26,35H,18-19H2,1-3H3,(H2,34,40)/t26-,32?/m1/s1. The number of anilines is 2. The summed E-state index contributed by atoms with van der Waals surface area (Å²) in [6, 6.07) is 24.5. The lowest BCUT2D eigenvalue weighted by Gasteiger charge is -2.36. The summed E-state index contributed by atoms with van der Waals surface area (Å²) >= 11 is 0. The van der Waals surface area contributed by atoms with Gasteiger partial charge >= 0.3 is 0 Å². The van der Waals surface area contributed by atoms with E-state index in [1.54, 1.807) is 43.1 Å². The van der Waals surface area contributed by atoms with E-state index in [0.717, 1.165) is 21.9 Å². The topological polar surface area (TPSA) is 95.7 Å². The first kappa shape index (κ1) is 27.0. The molecule has 1 aliphatic heterocycles. The molecule has 5 rings (SSSR count). The molecule has 4 aromatic rings. The van der Waals surface area contributed by atoms with Crippen LogP contribution in [-0.2, 0) is 16.1 Å². The predicted molar refractivity (Wildman–Crippen MR) is 155 cm³/mol. The minimum absolute atomic E-state index is 0.114. The molecule has 40 heavy (non-hydrogen) atoms. The van der Waals surface area contributed by atoms with Gasteiger partial charge in [0.25, 0.3) is 5.91 Å². The third-order valence-corrected chi connectivity index (χ3v) is 8.05. The van der Waals surface area contributed by atoms with Crippen LogP contribution in [0, 0.1) is 18.7 Å². The number of nitrogens with one attached hydrogen (secondary N) is 1. The molecular weight excluding hydrogens is 507 g/mol. The number of rotatable bonds is 6. The van der Waals surface area contributed by atoms with Crippen LogP contribution in [0.1, 0.15) is 28.4 Å². The third kappa shape index (κ3) is 4.60. The lowest BCUT2D eigenvalue weighted by Crippen LogP contribution is -2.63. The zero-order chi connectivity index (χ0) is 28.6. The Morgan fingerprint density at radius 3 is 2.30 bits per heavy atom. The molecule has 0 spiro atoms. The molecule has 204 valence electrons. The molecular formula is C32H31FN4O3. The number of primary amides is 1. The number of amides is 3. The first-order valence-corrected chi connectivity index (χ1v) is 13.1. The molecule has 0 saturated heterocycles. The van der Waals surface area contributed by atoms with Crippen molar-refractivity contribution in [3.05, 3.63) is 107 Å². The lowest BCUT2D eigenvalue weighted by atomic mass is 9.83. The average molecular weight is 539 g/mol. The van der Waals surface area contributed by atoms with Crippen molar-refractivity contribution in [3.8, 4) is 0 Å². The molecule has 1 heterocycles. The normalized spacial score (nSPS) is 16.8. The maximum absolute atomic E-state index is 14.5. The van der Waals surface area contributed by atoms with E-state index in [0.29, 0.717) is 11.4 Å². The molecule has 3 amide bonds. The van der Waals surface area contributed by atoms with Crippen molar-refractivity contribution in [1.29, 1.82) is 0 Å². The van der Waals surface area contributed by atoms with Gasteiger partial charge in [-0.2, -0.15) is 0 Å². The number of para-hydroxylation sites is 2. The first-order valence-electron chi connectivity index (χ1n) is 13.1. The highest BCUT2D eigenvalue weighted by Crippen LogP contribution is 2.39. The minimum Gasteiger partial charge on any atom is -0.368 e. The smallest absolute Gasteiger partial charge is 0.258 e. The number of fused-ring (bicyclic) bond motifs is 2. The van der Waals surface area contributed by atoms with Crippen LogP contribution in [0.3, 0.4) is 0 Å². The van der Waals surface area contributed by atoms with E-state index >= 15 is 0 Å². The second kappa shape index (κ2) is 10.5. The fraction of sp³-hybridized carbons (Fsp3) is 0.219. The number of hydrogen-bond donors (Lipinski definition) is 2. The zero-order valence-corrected chi connectivity index (χ0v) is 22.6. The molecule has 1 aliphatic rings. The third-order valence-electron chi connectivity index (χ3n) is 8.05. The number of nitrogens with zero attached hydrogens (tertiary/aromatic N) is 2. The molecule has 2 atom stereocenters. The van der Waals surface area contributed by atoms with E-state index in [1.165, 1.54) is 29.2 Å². The van der Waals surface area contributed by atoms with Crippen LogP contribution >= 0.6 is 0 Å². The Morgan fingerprint density at radius 1 is 0.975 bits per heavy atom. The molecule has 0 aromatic heterocycles. The summed E-state index contributed by atoms with van der Waals surface area (Å²) in [5.41, 5.74) is 7.66. The van der Waals surface area contributed by atoms with Gasteiger partial charge in [-0.05, 0) is 79.2 Å². The second-order valence-electron chi connectivity index (χ2n) is 10.3. The Hall–Kier alpha value is -4.56. The second-order valence-corrected chi connectivity index (χ2v) is 10.3. The summed E-state index contributed by atoms with van der Waals surface area (Å²) in [6.45, 7) is 3.68. The van der Waals surface area contributed by atoms with Crippen LogP contribution in [0.5, 0.6) is 0 Å². The molecule has 0 fully saturated rings. The number of benzene rings is 4. The number of hydrogen-bond acceptors (Lipinski definition) is 4. The number of likely N-dealkylation sites (N-methyl/N-ethyl adjacent to an activating group) is 1. The summed E-state index contributed by atoms with van der Waals surface area (Å²) in [5.74, 6) is -2.97. The molecule has 0 radical (unpaired) electrons. The zero-order valence-electron chi connectivity index (χ0n) is 22.6. The first-order chi connectivity index (χ1) is 19.2. The average Bonchev–Trinajstić information content (AvgIpc) is 3.08. The number of nitrogens with two attached hydrogens (primary N) is 1. The monoisotopic (exact) mass is 538 g/mol. The van der Waals surface area contributed by atoms with Gasteiger partial charge in [0.05, 0.1) is 23.8 Å². The van der Waals surface area contributed by atoms with Gasteiger partial charge in [0.2, 0.25) is 11.8 Å². The number of aryl methyl sites for hydroxylation is 1. The molecule has 0 bridgehead atoms. The van der Waals surface area contributed by atoms with Gasteiger partial charge < -0.3 is 20.9 Å². The summed E-state index contributed by atoms with van der Waals surface area (Å²) < 4.78 is 13.7. The maximum Gasteiger partial charge on any atom is 0.258 e. The highest BCUT2D eigenvalue weighted by Gasteiger charge is 2.48. The number of halogens is 1. The predicted octanol–water partition coefficient (Wildman–Crippen LogP) is 4.56. The number of carbonyl (C=O) groups excluding carboxylic acids is 3. The summed E-state index contributed by atoms with van der Waals surface area (Å²) in [6.07, 6.45) is 0. The van der Waals surface area contributed by atoms with Gasteiger partial charge in [-0.15, -0.1) is 0 Å². The van der Waals surface area contributed by atoms with Gasteiger partial charge in [0, 0.05) is 12.1 Å². The minimum atomic E-state index is -1.47. The van der Waals surface area contributed by atoms with Gasteiger partial charge in [-0.25, -0.2) is 4.39 Å². The van der Waals surface area contributed by atoms with Crippen molar-refractivity contribution in [2.75, 3.05) is 23.4 Å². The van der Waals surface area contributed by atoms with Crippen LogP contribution in [0.2, 0.25) is 0 Å². The molecule has 0 saturated carbocycles. The Balaban J connectivity index is 1.71. The van der Waals surface area contributed by atoms with Crippen molar-refractivity contribution in [3.63, 3.8) is 0 Å². The Labute approximate surface area is 232 Å². The molecule has 8 heteroatoms. The lowest BCUT2D eigenvalue weighted by molar-refractivity contribution is -0.133. The largest absolute Gasteiger partial charge is 0.368 e. The van der Waals surface area contributed by atoms with E-state index in [2.05, 4.69) is 5.32 Å². The van der Waals surface area contributed by atoms with Gasteiger partial charge in [-0.3, -0.25) is 14.4 Å². The van der Waals surface area contributed by atoms with E-state index in [9.17, 15) is 18.8 Å². The summed E-state index contributed by atoms with van der Waals surface area (Å²) in [5, 5.41) is 5.01. The molecule has 7 nitrogen and oxygen atoms in total. The molecule has 1 unspecified atom stereocenters.